The summed E-state index contributed by atoms with van der Waals surface area (Å²) in [6.45, 7) is 2.09. The van der Waals surface area contributed by atoms with Gasteiger partial charge in [0.25, 0.3) is 16.1 Å². The molecule has 0 atom stereocenters. The van der Waals surface area contributed by atoms with Gasteiger partial charge in [-0.25, -0.2) is 4.98 Å². The Morgan fingerprint density at radius 3 is 2.11 bits per heavy atom. The van der Waals surface area contributed by atoms with E-state index in [1.165, 1.54) is 11.3 Å². The number of carbonyl (C=O) groups is 4. The van der Waals surface area contributed by atoms with E-state index in [0.717, 1.165) is 29.8 Å². The van der Waals surface area contributed by atoms with Gasteiger partial charge in [0.05, 0.1) is 44.7 Å². The summed E-state index contributed by atoms with van der Waals surface area (Å²) in [4.78, 5) is 84.1. The average Bonchev–Trinajstić information content (AvgIpc) is 3.81. The topological polar surface area (TPSA) is 221 Å². The highest BCUT2D eigenvalue weighted by atomic mass is 32.1. The van der Waals surface area contributed by atoms with Gasteiger partial charge in [-0.3, -0.25) is 19.2 Å². The number of hydrogen-bond acceptors (Lipinski definition) is 14. The van der Waals surface area contributed by atoms with E-state index >= 15 is 0 Å². The third-order valence-electron chi connectivity index (χ3n) is 7.88. The van der Waals surface area contributed by atoms with E-state index in [-0.39, 0.29) is 51.6 Å². The molecular weight excluding hydrogens is 726 g/mol. The lowest BCUT2D eigenvalue weighted by atomic mass is 9.99. The van der Waals surface area contributed by atoms with Crippen LogP contribution in [0.25, 0.3) is 6.08 Å². The number of carbonyl (C=O) groups excluding carboxylic acids is 4. The summed E-state index contributed by atoms with van der Waals surface area (Å²) < 4.78 is 12.3. The van der Waals surface area contributed by atoms with Crippen LogP contribution in [0, 0.1) is 20.2 Å². The number of benzene rings is 1. The van der Waals surface area contributed by atoms with Crippen LogP contribution in [0.2, 0.25) is 0 Å². The number of unbranched alkanes of at least 4 members (excludes halogenated alkanes) is 3. The third-order valence-corrected chi connectivity index (χ3v) is 8.61. The Bertz CT molecular complexity index is 1710. The summed E-state index contributed by atoms with van der Waals surface area (Å²) in [7, 11) is 0. The molecule has 2 heterocycles. The lowest BCUT2D eigenvalue weighted by Gasteiger charge is -2.13. The minimum atomic E-state index is -0.887. The second-order valence-electron chi connectivity index (χ2n) is 12.0. The van der Waals surface area contributed by atoms with Crippen LogP contribution in [0.15, 0.2) is 52.9 Å². The molecule has 0 aliphatic rings. The van der Waals surface area contributed by atoms with Crippen LogP contribution in [0.3, 0.4) is 0 Å². The van der Waals surface area contributed by atoms with Gasteiger partial charge < -0.3 is 29.0 Å². The molecule has 1 amide bonds. The number of thiophene rings is 1. The van der Waals surface area contributed by atoms with Crippen LogP contribution < -0.4 is 5.32 Å². The Kier molecular flexibility index (Phi) is 18.9. The van der Waals surface area contributed by atoms with Crippen molar-refractivity contribution in [2.75, 3.05) is 33.0 Å². The first-order valence-corrected chi connectivity index (χ1v) is 18.5. The molecular formula is C36H45N5O12S. The number of Topliss-reactive ketones (excluding diaryl/α,β-unsaturated/α-hetero) is 1. The number of ketones is 1. The molecule has 1 aromatic carbocycles. The maximum Gasteiger partial charge on any atom is 0.325 e. The van der Waals surface area contributed by atoms with Crippen molar-refractivity contribution in [1.82, 2.24) is 14.9 Å². The van der Waals surface area contributed by atoms with Crippen molar-refractivity contribution in [3.05, 3.63) is 101 Å². The number of hydrogen-bond donors (Lipinski definition) is 1. The number of allylic oxidation sites excluding steroid dienone is 1. The molecule has 2 aromatic heterocycles. The Hall–Kier alpha value is -5.65. The molecule has 0 spiro atoms. The van der Waals surface area contributed by atoms with Crippen molar-refractivity contribution in [3.63, 3.8) is 0 Å². The standard InChI is InChI=1S/C36H45N5O12S/c1-2-3-8-33-37-23-31(22-30(21-28-15-20-54-26-28)32(42)13-14-34(43)50-16-4-6-18-52-40(46)47)39(33)25-27-9-11-29(12-10-27)36(45)38-24-35(44)51-17-5-7-19-53-41(48)49/h9-12,15,20,22-23,26H,2-8,13-14,16-19,21,24-25H2,1H3,(H,38,45). The number of nitrogens with one attached hydrogen (secondary N) is 1. The van der Waals surface area contributed by atoms with Crippen LogP contribution in [-0.2, 0) is 52.9 Å². The highest BCUT2D eigenvalue weighted by Crippen LogP contribution is 2.21. The smallest absolute Gasteiger partial charge is 0.325 e. The molecule has 1 N–H and O–H groups in total. The van der Waals surface area contributed by atoms with E-state index in [9.17, 15) is 39.4 Å². The van der Waals surface area contributed by atoms with E-state index in [2.05, 4.69) is 26.9 Å². The average molecular weight is 772 g/mol. The van der Waals surface area contributed by atoms with Gasteiger partial charge in [-0.2, -0.15) is 11.3 Å². The van der Waals surface area contributed by atoms with Crippen LogP contribution in [0.4, 0.5) is 0 Å². The summed E-state index contributed by atoms with van der Waals surface area (Å²) in [5.74, 6) is -1.00. The first kappa shape index (κ1) is 42.8. The molecule has 0 bridgehead atoms. The fourth-order valence-electron chi connectivity index (χ4n) is 5.04. The molecule has 292 valence electrons. The number of amides is 1. The van der Waals surface area contributed by atoms with E-state index in [4.69, 9.17) is 9.47 Å². The molecule has 0 unspecified atom stereocenters. The number of imidazole rings is 1. The van der Waals surface area contributed by atoms with Gasteiger partial charge in [0.15, 0.2) is 5.78 Å². The third kappa shape index (κ3) is 16.4. The number of rotatable bonds is 27. The summed E-state index contributed by atoms with van der Waals surface area (Å²) in [5.41, 5.74) is 3.39. The number of esters is 2. The molecule has 54 heavy (non-hydrogen) atoms. The largest absolute Gasteiger partial charge is 0.466 e. The predicted molar refractivity (Wildman–Crippen MR) is 195 cm³/mol. The molecule has 0 radical (unpaired) electrons. The summed E-state index contributed by atoms with van der Waals surface area (Å²) in [6, 6.07) is 8.84. The number of aryl methyl sites for hydroxylation is 1. The molecule has 0 fully saturated rings. The van der Waals surface area contributed by atoms with Crippen molar-refractivity contribution in [2.45, 2.75) is 77.7 Å². The maximum absolute atomic E-state index is 13.5. The zero-order valence-corrected chi connectivity index (χ0v) is 30.9. The Morgan fingerprint density at radius 1 is 0.852 bits per heavy atom. The SMILES string of the molecule is CCCCc1ncc(C=C(Cc2ccsc2)C(=O)CCC(=O)OCCCCO[N+](=O)[O-])n1Cc1ccc(C(=O)NCC(=O)OCCCCO[N+](=O)[O-])cc1. The van der Waals surface area contributed by atoms with Gasteiger partial charge in [-0.05, 0) is 78.3 Å². The minimum absolute atomic E-state index is 0.0449. The lowest BCUT2D eigenvalue weighted by molar-refractivity contribution is -0.757. The van der Waals surface area contributed by atoms with E-state index in [0.29, 0.717) is 61.9 Å². The van der Waals surface area contributed by atoms with Gasteiger partial charge in [0.1, 0.15) is 12.4 Å². The van der Waals surface area contributed by atoms with Gasteiger partial charge in [0.2, 0.25) is 0 Å². The predicted octanol–water partition coefficient (Wildman–Crippen LogP) is 5.10. The first-order chi connectivity index (χ1) is 26.0. The highest BCUT2D eigenvalue weighted by molar-refractivity contribution is 7.07. The summed E-state index contributed by atoms with van der Waals surface area (Å²) in [6.07, 6.45) is 7.76. The molecule has 0 saturated carbocycles. The van der Waals surface area contributed by atoms with Crippen molar-refractivity contribution in [2.24, 2.45) is 0 Å². The number of aromatic nitrogens is 2. The van der Waals surface area contributed by atoms with E-state index in [1.807, 2.05) is 27.5 Å². The van der Waals surface area contributed by atoms with Crippen LogP contribution >= 0.6 is 11.3 Å². The molecule has 0 saturated heterocycles. The monoisotopic (exact) mass is 771 g/mol. The van der Waals surface area contributed by atoms with Crippen molar-refractivity contribution in [1.29, 1.82) is 0 Å². The molecule has 3 rings (SSSR count). The Balaban J connectivity index is 1.65. The zero-order valence-electron chi connectivity index (χ0n) is 30.1. The summed E-state index contributed by atoms with van der Waals surface area (Å²) in [5, 5.41) is 25.1. The van der Waals surface area contributed by atoms with Crippen LogP contribution in [0.1, 0.15) is 91.3 Å². The second kappa shape index (κ2) is 23.8. The molecule has 3 aromatic rings. The number of nitrogens with zero attached hydrogens (tertiary/aromatic N) is 4. The normalized spacial score (nSPS) is 11.1. The van der Waals surface area contributed by atoms with Gasteiger partial charge >= 0.3 is 11.9 Å². The zero-order chi connectivity index (χ0) is 39.1. The minimum Gasteiger partial charge on any atom is -0.466 e. The maximum atomic E-state index is 13.5. The Labute approximate surface area is 315 Å². The van der Waals surface area contributed by atoms with Crippen LogP contribution in [-0.4, -0.2) is 76.3 Å². The fourth-order valence-corrected chi connectivity index (χ4v) is 5.71. The first-order valence-electron chi connectivity index (χ1n) is 17.6. The summed E-state index contributed by atoms with van der Waals surface area (Å²) >= 11 is 1.52. The molecule has 17 nitrogen and oxygen atoms in total. The fraction of sp³-hybridized carbons (Fsp3) is 0.472. The van der Waals surface area contributed by atoms with Crippen molar-refractivity contribution in [3.8, 4) is 0 Å². The van der Waals surface area contributed by atoms with Crippen LogP contribution in [0.5, 0.6) is 0 Å². The van der Waals surface area contributed by atoms with E-state index < -0.39 is 28.0 Å². The highest BCUT2D eigenvalue weighted by Gasteiger charge is 2.17. The van der Waals surface area contributed by atoms with E-state index in [1.54, 1.807) is 30.5 Å². The van der Waals surface area contributed by atoms with Crippen molar-refractivity contribution < 1.29 is 48.5 Å². The molecule has 18 heteroatoms. The van der Waals surface area contributed by atoms with Gasteiger partial charge in [0, 0.05) is 36.9 Å². The second-order valence-corrected chi connectivity index (χ2v) is 12.8. The molecule has 0 aliphatic heterocycles. The lowest BCUT2D eigenvalue weighted by Crippen LogP contribution is -2.30. The van der Waals surface area contributed by atoms with Crippen molar-refractivity contribution >= 4 is 41.0 Å². The number of ether oxygens (including phenoxy) is 2. The Morgan fingerprint density at radius 2 is 1.50 bits per heavy atom. The quantitative estimate of drug-likeness (QED) is 0.0351. The molecule has 0 aliphatic carbocycles. The van der Waals surface area contributed by atoms with Gasteiger partial charge in [-0.15, -0.1) is 20.2 Å². The van der Waals surface area contributed by atoms with Gasteiger partial charge in [-0.1, -0.05) is 25.5 Å².